The molecule has 11 heteroatoms. The molecule has 0 aliphatic carbocycles. The molecule has 3 rings (SSSR count). The molecule has 1 heterocycles. The topological polar surface area (TPSA) is 115 Å². The molecule has 33 heavy (non-hydrogen) atoms. The number of rotatable bonds is 9. The summed E-state index contributed by atoms with van der Waals surface area (Å²) >= 11 is 1.26. The Bertz CT molecular complexity index is 1340. The number of nitro groups is 1. The maximum atomic E-state index is 12.9. The largest absolute Gasteiger partial charge is 0.316 e. The van der Waals surface area contributed by atoms with E-state index >= 15 is 0 Å². The summed E-state index contributed by atoms with van der Waals surface area (Å²) < 4.78 is 29.7. The van der Waals surface area contributed by atoms with Crippen LogP contribution in [0.3, 0.4) is 0 Å². The summed E-state index contributed by atoms with van der Waals surface area (Å²) in [5.74, 6) is -0.513. The summed E-state index contributed by atoms with van der Waals surface area (Å²) in [4.78, 5) is 28.2. The molecule has 2 aromatic carbocycles. The number of unbranched alkanes of at least 4 members (excludes halogenated alkanes) is 1. The zero-order valence-electron chi connectivity index (χ0n) is 18.7. The van der Waals surface area contributed by atoms with Crippen molar-refractivity contribution in [3.63, 3.8) is 0 Å². The first-order valence-electron chi connectivity index (χ1n) is 10.7. The maximum absolute atomic E-state index is 12.9. The molecule has 0 saturated heterocycles. The average Bonchev–Trinajstić information content (AvgIpc) is 3.15. The molecule has 176 valence electrons. The van der Waals surface area contributed by atoms with Crippen molar-refractivity contribution in [3.8, 4) is 0 Å². The smallest absolute Gasteiger partial charge is 0.279 e. The number of hydrogen-bond donors (Lipinski definition) is 0. The van der Waals surface area contributed by atoms with E-state index in [9.17, 15) is 23.3 Å². The minimum Gasteiger partial charge on any atom is -0.316 e. The molecule has 0 radical (unpaired) electrons. The molecular formula is C22H26N4O5S2. The molecule has 0 unspecified atom stereocenters. The second-order valence-corrected chi connectivity index (χ2v) is 10.3. The van der Waals surface area contributed by atoms with Crippen LogP contribution < -0.4 is 4.80 Å². The van der Waals surface area contributed by atoms with Crippen LogP contribution in [0.5, 0.6) is 0 Å². The number of benzene rings is 2. The van der Waals surface area contributed by atoms with E-state index in [0.717, 1.165) is 17.5 Å². The van der Waals surface area contributed by atoms with Gasteiger partial charge in [0, 0.05) is 37.3 Å². The Morgan fingerprint density at radius 1 is 1.15 bits per heavy atom. The second kappa shape index (κ2) is 10.4. The SMILES string of the molecule is CCCCN(CC)S(=O)(=O)c1ccc(C(=O)N=c2sc3ccc([N+](=O)[O-])cc3n2CC)cc1. The number of thiazole rings is 1. The third-order valence-corrected chi connectivity index (χ3v) is 8.29. The van der Waals surface area contributed by atoms with Gasteiger partial charge in [-0.2, -0.15) is 9.30 Å². The highest BCUT2D eigenvalue weighted by Crippen LogP contribution is 2.23. The zero-order chi connectivity index (χ0) is 24.2. The Hall–Kier alpha value is -2.89. The second-order valence-electron chi connectivity index (χ2n) is 7.33. The summed E-state index contributed by atoms with van der Waals surface area (Å²) in [6, 6.07) is 10.3. The lowest BCUT2D eigenvalue weighted by Gasteiger charge is -2.20. The van der Waals surface area contributed by atoms with Gasteiger partial charge in [-0.1, -0.05) is 31.6 Å². The Kier molecular flexibility index (Phi) is 7.77. The van der Waals surface area contributed by atoms with Crippen LogP contribution in [-0.4, -0.2) is 41.2 Å². The van der Waals surface area contributed by atoms with E-state index in [1.54, 1.807) is 17.6 Å². The minimum absolute atomic E-state index is 0.0303. The Morgan fingerprint density at radius 3 is 2.42 bits per heavy atom. The van der Waals surface area contributed by atoms with E-state index in [1.807, 2.05) is 13.8 Å². The molecule has 0 atom stereocenters. The maximum Gasteiger partial charge on any atom is 0.279 e. The van der Waals surface area contributed by atoms with Crippen molar-refractivity contribution in [2.24, 2.45) is 4.99 Å². The van der Waals surface area contributed by atoms with E-state index in [0.29, 0.717) is 30.0 Å². The highest BCUT2D eigenvalue weighted by molar-refractivity contribution is 7.89. The third-order valence-electron chi connectivity index (χ3n) is 5.24. The van der Waals surface area contributed by atoms with Crippen LogP contribution in [0.25, 0.3) is 10.2 Å². The normalized spacial score (nSPS) is 12.5. The van der Waals surface area contributed by atoms with Gasteiger partial charge < -0.3 is 4.57 Å². The Labute approximate surface area is 196 Å². The minimum atomic E-state index is -3.63. The van der Waals surface area contributed by atoms with Crippen LogP contribution in [-0.2, 0) is 16.6 Å². The van der Waals surface area contributed by atoms with Crippen molar-refractivity contribution in [2.75, 3.05) is 13.1 Å². The summed E-state index contributed by atoms with van der Waals surface area (Å²) in [6.07, 6.45) is 1.67. The van der Waals surface area contributed by atoms with Gasteiger partial charge >= 0.3 is 0 Å². The third kappa shape index (κ3) is 5.21. The van der Waals surface area contributed by atoms with Crippen LogP contribution >= 0.6 is 11.3 Å². The first kappa shape index (κ1) is 24.7. The van der Waals surface area contributed by atoms with Gasteiger partial charge in [0.05, 0.1) is 20.0 Å². The highest BCUT2D eigenvalue weighted by Gasteiger charge is 2.22. The number of nitro benzene ring substituents is 1. The van der Waals surface area contributed by atoms with E-state index in [-0.39, 0.29) is 16.1 Å². The first-order valence-corrected chi connectivity index (χ1v) is 13.0. The van der Waals surface area contributed by atoms with Crippen molar-refractivity contribution in [1.82, 2.24) is 8.87 Å². The molecule has 0 spiro atoms. The van der Waals surface area contributed by atoms with Crippen LogP contribution in [0.4, 0.5) is 5.69 Å². The van der Waals surface area contributed by atoms with E-state index in [2.05, 4.69) is 4.99 Å². The fraction of sp³-hybridized carbons (Fsp3) is 0.364. The number of amides is 1. The molecule has 0 aliphatic heterocycles. The van der Waals surface area contributed by atoms with E-state index in [4.69, 9.17) is 0 Å². The van der Waals surface area contributed by atoms with Gasteiger partial charge in [-0.15, -0.1) is 0 Å². The Morgan fingerprint density at radius 2 is 1.85 bits per heavy atom. The summed E-state index contributed by atoms with van der Waals surface area (Å²) in [7, 11) is -3.63. The van der Waals surface area contributed by atoms with Crippen molar-refractivity contribution in [3.05, 3.63) is 62.9 Å². The van der Waals surface area contributed by atoms with Crippen molar-refractivity contribution in [2.45, 2.75) is 45.1 Å². The van der Waals surface area contributed by atoms with Crippen LogP contribution in [0.1, 0.15) is 44.0 Å². The number of carbonyl (C=O) groups excluding carboxylic acids is 1. The van der Waals surface area contributed by atoms with Gasteiger partial charge in [-0.3, -0.25) is 14.9 Å². The quantitative estimate of drug-likeness (QED) is 0.330. The molecule has 3 aromatic rings. The van der Waals surface area contributed by atoms with E-state index in [1.165, 1.54) is 52.0 Å². The lowest BCUT2D eigenvalue weighted by atomic mass is 10.2. The molecule has 1 amide bonds. The van der Waals surface area contributed by atoms with Crippen LogP contribution in [0.15, 0.2) is 52.4 Å². The lowest BCUT2D eigenvalue weighted by molar-refractivity contribution is -0.384. The predicted octanol–water partition coefficient (Wildman–Crippen LogP) is 4.18. The number of sulfonamides is 1. The van der Waals surface area contributed by atoms with Crippen LogP contribution in [0, 0.1) is 10.1 Å². The van der Waals surface area contributed by atoms with Gasteiger partial charge in [-0.05, 0) is 43.7 Å². The molecule has 0 fully saturated rings. The molecule has 0 bridgehead atoms. The number of hydrogen-bond acceptors (Lipinski definition) is 6. The molecule has 0 aliphatic rings. The molecule has 0 saturated carbocycles. The van der Waals surface area contributed by atoms with Gasteiger partial charge in [0.2, 0.25) is 10.0 Å². The molecule has 9 nitrogen and oxygen atoms in total. The predicted molar refractivity (Wildman–Crippen MR) is 128 cm³/mol. The highest BCUT2D eigenvalue weighted by atomic mass is 32.2. The fourth-order valence-corrected chi connectivity index (χ4v) is 5.97. The number of non-ortho nitro benzene ring substituents is 1. The monoisotopic (exact) mass is 490 g/mol. The van der Waals surface area contributed by atoms with E-state index < -0.39 is 20.9 Å². The molecular weight excluding hydrogens is 464 g/mol. The lowest BCUT2D eigenvalue weighted by Crippen LogP contribution is -2.31. The zero-order valence-corrected chi connectivity index (χ0v) is 20.4. The number of aromatic nitrogens is 1. The first-order chi connectivity index (χ1) is 15.7. The standard InChI is InChI=1S/C22H26N4O5S2/c1-4-7-14-24(5-2)33(30,31)18-11-8-16(9-12-18)21(27)23-22-25(6-3)19-15-17(26(28)29)10-13-20(19)32-22/h8-13,15H,4-7,14H2,1-3H3. The number of aryl methyl sites for hydroxylation is 1. The molecule has 1 aromatic heterocycles. The summed E-state index contributed by atoms with van der Waals surface area (Å²) in [5, 5.41) is 11.1. The van der Waals surface area contributed by atoms with Crippen molar-refractivity contribution < 1.29 is 18.1 Å². The fourth-order valence-electron chi connectivity index (χ4n) is 3.41. The number of carbonyl (C=O) groups is 1. The molecule has 0 N–H and O–H groups in total. The number of fused-ring (bicyclic) bond motifs is 1. The summed E-state index contributed by atoms with van der Waals surface area (Å²) in [5.41, 5.74) is 0.866. The van der Waals surface area contributed by atoms with Gasteiger partial charge in [0.15, 0.2) is 4.80 Å². The van der Waals surface area contributed by atoms with Gasteiger partial charge in [0.1, 0.15) is 0 Å². The van der Waals surface area contributed by atoms with Crippen molar-refractivity contribution >= 4 is 43.2 Å². The van der Waals surface area contributed by atoms with Gasteiger partial charge in [0.25, 0.3) is 11.6 Å². The van der Waals surface area contributed by atoms with Crippen molar-refractivity contribution in [1.29, 1.82) is 0 Å². The van der Waals surface area contributed by atoms with Crippen LogP contribution in [0.2, 0.25) is 0 Å². The number of nitrogens with zero attached hydrogens (tertiary/aromatic N) is 4. The van der Waals surface area contributed by atoms with Gasteiger partial charge in [-0.25, -0.2) is 8.42 Å². The summed E-state index contributed by atoms with van der Waals surface area (Å²) in [6.45, 7) is 6.98. The average molecular weight is 491 g/mol. The Balaban J connectivity index is 1.93.